The van der Waals surface area contributed by atoms with Crippen LogP contribution in [0.2, 0.25) is 0 Å². The molecule has 0 bridgehead atoms. The zero-order valence-corrected chi connectivity index (χ0v) is 13.8. The molecule has 144 valence electrons. The van der Waals surface area contributed by atoms with Crippen molar-refractivity contribution in [3.05, 3.63) is 87.1 Å². The van der Waals surface area contributed by atoms with Crippen LogP contribution in [0.3, 0.4) is 0 Å². The van der Waals surface area contributed by atoms with Crippen LogP contribution in [0.25, 0.3) is 0 Å². The van der Waals surface area contributed by atoms with E-state index in [2.05, 4.69) is 10.4 Å². The summed E-state index contributed by atoms with van der Waals surface area (Å²) < 4.78 is 54.9. The Hall–Kier alpha value is -3.76. The molecule has 7 nitrogen and oxygen atoms in total. The average molecular weight is 394 g/mol. The Morgan fingerprint density at radius 1 is 1.11 bits per heavy atom. The second kappa shape index (κ2) is 7.47. The van der Waals surface area contributed by atoms with Gasteiger partial charge < -0.3 is 5.32 Å². The highest BCUT2D eigenvalue weighted by molar-refractivity contribution is 6.06. The maximum atomic E-state index is 13.7. The Morgan fingerprint density at radius 2 is 1.75 bits per heavy atom. The number of hydrogen-bond acceptors (Lipinski definition) is 4. The number of carbonyl (C=O) groups is 1. The lowest BCUT2D eigenvalue weighted by atomic mass is 10.1. The minimum Gasteiger partial charge on any atom is -0.305 e. The van der Waals surface area contributed by atoms with Crippen molar-refractivity contribution in [1.29, 1.82) is 0 Å². The fourth-order valence-electron chi connectivity index (χ4n) is 2.45. The number of halogens is 4. The van der Waals surface area contributed by atoms with Gasteiger partial charge in [0.05, 0.1) is 17.0 Å². The highest BCUT2D eigenvalue weighted by Crippen LogP contribution is 2.21. The maximum absolute atomic E-state index is 13.7. The number of amides is 1. The van der Waals surface area contributed by atoms with E-state index >= 15 is 0 Å². The number of rotatable bonds is 5. The molecule has 3 aromatic rings. The van der Waals surface area contributed by atoms with Gasteiger partial charge in [0, 0.05) is 24.4 Å². The van der Waals surface area contributed by atoms with Crippen LogP contribution in [-0.4, -0.2) is 20.6 Å². The van der Waals surface area contributed by atoms with Gasteiger partial charge in [0.2, 0.25) is 0 Å². The Bertz CT molecular complexity index is 1060. The first-order chi connectivity index (χ1) is 13.3. The highest BCUT2D eigenvalue weighted by Gasteiger charge is 2.21. The van der Waals surface area contributed by atoms with Gasteiger partial charge in [-0.1, -0.05) is 12.1 Å². The molecular formula is C17H10F4N4O3. The normalized spacial score (nSPS) is 10.7. The highest BCUT2D eigenvalue weighted by atomic mass is 19.2. The smallest absolute Gasteiger partial charge is 0.282 e. The van der Waals surface area contributed by atoms with Gasteiger partial charge in [-0.15, -0.1) is 0 Å². The standard InChI is InChI=1S/C17H10F4N4O3/c18-11-7-12(19)16(21)10(15(11)20)8-24-6-5-14(23-24)22-17(26)9-3-1-2-4-13(9)25(27)28/h1-7H,8H2,(H,22,23,26). The summed E-state index contributed by atoms with van der Waals surface area (Å²) >= 11 is 0. The van der Waals surface area contributed by atoms with Gasteiger partial charge in [0.1, 0.15) is 5.56 Å². The van der Waals surface area contributed by atoms with Crippen LogP contribution in [0.5, 0.6) is 0 Å². The molecule has 0 saturated carbocycles. The van der Waals surface area contributed by atoms with E-state index in [4.69, 9.17) is 0 Å². The van der Waals surface area contributed by atoms with Gasteiger partial charge in [-0.25, -0.2) is 17.6 Å². The number of nitro benzene ring substituents is 1. The second-order valence-corrected chi connectivity index (χ2v) is 5.57. The molecule has 1 amide bonds. The first-order valence-corrected chi connectivity index (χ1v) is 7.68. The molecule has 1 heterocycles. The first-order valence-electron chi connectivity index (χ1n) is 7.68. The van der Waals surface area contributed by atoms with Crippen molar-refractivity contribution in [2.75, 3.05) is 5.32 Å². The predicted octanol–water partition coefficient (Wildman–Crippen LogP) is 3.65. The minimum atomic E-state index is -1.56. The van der Waals surface area contributed by atoms with E-state index in [1.165, 1.54) is 30.5 Å². The lowest BCUT2D eigenvalue weighted by molar-refractivity contribution is -0.385. The molecule has 0 aliphatic heterocycles. The third-order valence-electron chi connectivity index (χ3n) is 3.75. The molecule has 2 aromatic carbocycles. The van der Waals surface area contributed by atoms with Crippen molar-refractivity contribution < 1.29 is 27.3 Å². The molecule has 0 fully saturated rings. The number of carbonyl (C=O) groups excluding carboxylic acids is 1. The Kier molecular flexibility index (Phi) is 5.07. The zero-order chi connectivity index (χ0) is 20.4. The summed E-state index contributed by atoms with van der Waals surface area (Å²) in [5.41, 5.74) is -1.51. The molecule has 0 unspecified atom stereocenters. The maximum Gasteiger partial charge on any atom is 0.282 e. The fraction of sp³-hybridized carbons (Fsp3) is 0.0588. The molecule has 0 aliphatic carbocycles. The van der Waals surface area contributed by atoms with Crippen LogP contribution >= 0.6 is 0 Å². The molecule has 0 atom stereocenters. The van der Waals surface area contributed by atoms with Gasteiger partial charge in [-0.2, -0.15) is 5.10 Å². The van der Waals surface area contributed by atoms with Crippen molar-refractivity contribution in [3.63, 3.8) is 0 Å². The summed E-state index contributed by atoms with van der Waals surface area (Å²) in [5.74, 6) is -7.12. The lowest BCUT2D eigenvalue weighted by Crippen LogP contribution is -2.15. The summed E-state index contributed by atoms with van der Waals surface area (Å²) in [7, 11) is 0. The summed E-state index contributed by atoms with van der Waals surface area (Å²) in [6.07, 6.45) is 1.21. The number of nitrogens with zero attached hydrogens (tertiary/aromatic N) is 3. The molecule has 3 rings (SSSR count). The van der Waals surface area contributed by atoms with Gasteiger partial charge >= 0.3 is 0 Å². The van der Waals surface area contributed by atoms with Crippen molar-refractivity contribution in [2.24, 2.45) is 0 Å². The van der Waals surface area contributed by atoms with Gasteiger partial charge in [-0.05, 0) is 6.07 Å². The van der Waals surface area contributed by atoms with Crippen molar-refractivity contribution in [2.45, 2.75) is 6.54 Å². The second-order valence-electron chi connectivity index (χ2n) is 5.57. The number of hydrogen-bond donors (Lipinski definition) is 1. The SMILES string of the molecule is O=C(Nc1ccn(Cc2c(F)c(F)cc(F)c2F)n1)c1ccccc1[N+](=O)[O-]. The summed E-state index contributed by atoms with van der Waals surface area (Å²) in [5, 5.41) is 17.1. The van der Waals surface area contributed by atoms with Crippen molar-refractivity contribution in [3.8, 4) is 0 Å². The van der Waals surface area contributed by atoms with Crippen LogP contribution in [0.1, 0.15) is 15.9 Å². The number of aromatic nitrogens is 2. The summed E-state index contributed by atoms with van der Waals surface area (Å²) in [6, 6.07) is 6.56. The number of para-hydroxylation sites is 1. The summed E-state index contributed by atoms with van der Waals surface area (Å²) in [6.45, 7) is -0.645. The monoisotopic (exact) mass is 394 g/mol. The van der Waals surface area contributed by atoms with Crippen LogP contribution in [0.15, 0.2) is 42.6 Å². The van der Waals surface area contributed by atoms with E-state index in [1.807, 2.05) is 0 Å². The number of nitrogens with one attached hydrogen (secondary N) is 1. The number of nitro groups is 1. The molecule has 28 heavy (non-hydrogen) atoms. The molecule has 0 spiro atoms. The quantitative estimate of drug-likeness (QED) is 0.310. The van der Waals surface area contributed by atoms with Gasteiger partial charge in [-0.3, -0.25) is 19.6 Å². The van der Waals surface area contributed by atoms with Crippen LogP contribution < -0.4 is 5.32 Å². The Morgan fingerprint density at radius 3 is 2.39 bits per heavy atom. The first kappa shape index (κ1) is 19.0. The lowest BCUT2D eigenvalue weighted by Gasteiger charge is -2.07. The molecular weight excluding hydrogens is 384 g/mol. The van der Waals surface area contributed by atoms with Gasteiger partial charge in [0.25, 0.3) is 11.6 Å². The Balaban J connectivity index is 1.81. The number of anilines is 1. The summed E-state index contributed by atoms with van der Waals surface area (Å²) in [4.78, 5) is 22.5. The van der Waals surface area contributed by atoms with Crippen molar-refractivity contribution >= 4 is 17.4 Å². The molecule has 11 heteroatoms. The average Bonchev–Trinajstić information content (AvgIpc) is 3.10. The van der Waals surface area contributed by atoms with E-state index < -0.39 is 51.9 Å². The minimum absolute atomic E-state index is 0.0826. The topological polar surface area (TPSA) is 90.1 Å². The third kappa shape index (κ3) is 3.68. The molecule has 0 saturated heterocycles. The molecule has 0 radical (unpaired) electrons. The molecule has 1 aromatic heterocycles. The van der Waals surface area contributed by atoms with Crippen LogP contribution in [0.4, 0.5) is 29.1 Å². The van der Waals surface area contributed by atoms with E-state index in [1.54, 1.807) is 0 Å². The Labute approximate surface area is 154 Å². The van der Waals surface area contributed by atoms with E-state index in [0.29, 0.717) is 0 Å². The zero-order valence-electron chi connectivity index (χ0n) is 13.8. The largest absolute Gasteiger partial charge is 0.305 e. The molecule has 1 N–H and O–H groups in total. The van der Waals surface area contributed by atoms with E-state index in [0.717, 1.165) is 10.7 Å². The predicted molar refractivity (Wildman–Crippen MR) is 88.7 cm³/mol. The molecule has 0 aliphatic rings. The van der Waals surface area contributed by atoms with Crippen molar-refractivity contribution in [1.82, 2.24) is 9.78 Å². The third-order valence-corrected chi connectivity index (χ3v) is 3.75. The number of benzene rings is 2. The van der Waals surface area contributed by atoms with E-state index in [9.17, 15) is 32.5 Å². The fourth-order valence-corrected chi connectivity index (χ4v) is 2.45. The van der Waals surface area contributed by atoms with Crippen LogP contribution in [0, 0.1) is 33.4 Å². The van der Waals surface area contributed by atoms with E-state index in [-0.39, 0.29) is 17.4 Å². The van der Waals surface area contributed by atoms with Gasteiger partial charge in [0.15, 0.2) is 29.1 Å². The van der Waals surface area contributed by atoms with Crippen LogP contribution in [-0.2, 0) is 6.54 Å².